The maximum atomic E-state index is 13.8. The number of aliphatic hydroxyl groups is 1. The van der Waals surface area contributed by atoms with E-state index < -0.39 is 29.8 Å². The Morgan fingerprint density at radius 3 is 2.50 bits per heavy atom. The van der Waals surface area contributed by atoms with E-state index in [4.69, 9.17) is 0 Å². The second kappa shape index (κ2) is 16.7. The highest BCUT2D eigenvalue weighted by atomic mass is 19.4. The Labute approximate surface area is 269 Å². The van der Waals surface area contributed by atoms with Gasteiger partial charge in [0, 0.05) is 38.3 Å². The fourth-order valence-electron chi connectivity index (χ4n) is 5.98. The molecule has 2 heterocycles. The number of unbranched alkanes of at least 4 members (excludes halogenated alkanes) is 1. The first-order chi connectivity index (χ1) is 22.1. The van der Waals surface area contributed by atoms with Crippen LogP contribution in [-0.2, 0) is 25.7 Å². The Kier molecular flexibility index (Phi) is 12.8. The minimum Gasteiger partial charge on any atom is -0.390 e. The van der Waals surface area contributed by atoms with Crippen molar-refractivity contribution >= 4 is 11.8 Å². The lowest BCUT2D eigenvalue weighted by Crippen LogP contribution is -2.48. The normalized spacial score (nSPS) is 16.7. The van der Waals surface area contributed by atoms with Crippen molar-refractivity contribution in [2.45, 2.75) is 103 Å². The zero-order valence-corrected chi connectivity index (χ0v) is 26.7. The number of carbonyl (C=O) groups is 2. The molecule has 2 amide bonds. The maximum Gasteiger partial charge on any atom is 0.416 e. The summed E-state index contributed by atoms with van der Waals surface area (Å²) in [5, 5.41) is 21.7. The number of halogens is 3. The maximum absolute atomic E-state index is 13.8. The quantitative estimate of drug-likeness (QED) is 0.190. The van der Waals surface area contributed by atoms with Crippen LogP contribution >= 0.6 is 0 Å². The monoisotopic (exact) mass is 641 g/mol. The van der Waals surface area contributed by atoms with Gasteiger partial charge in [0.25, 0.3) is 11.8 Å². The number of carbonyl (C=O) groups excluding carboxylic acids is 2. The number of nitrogens with zero attached hydrogens (tertiary/aromatic N) is 3. The summed E-state index contributed by atoms with van der Waals surface area (Å²) in [4.78, 5) is 29.4. The number of nitrogens with one attached hydrogen (secondary N) is 2. The standard InChI is InChI=1S/C35H46F3N5O3/c1-3-5-19-43-31(34(46)42-18-10-9-17-28(42)12-4-2)22-30(41-43)33(45)40-29(21-25-13-7-6-8-14-25)32(44)24-39-23-26-15-11-16-27(20-26)35(36,37)38/h6-8,11,13-16,20,22,28-29,32,39,44H,3-5,9-10,12,17-19,21,23-24H2,1-2H3,(H,40,45)/t28?,29-,32-/m0/s1. The van der Waals surface area contributed by atoms with E-state index in [1.807, 2.05) is 35.2 Å². The summed E-state index contributed by atoms with van der Waals surface area (Å²) in [6.45, 7) is 5.49. The number of likely N-dealkylation sites (tertiary alicyclic amines) is 1. The smallest absolute Gasteiger partial charge is 0.390 e. The molecule has 1 saturated heterocycles. The number of piperidine rings is 1. The molecular formula is C35H46F3N5O3. The minimum atomic E-state index is -4.44. The van der Waals surface area contributed by atoms with E-state index in [-0.39, 0.29) is 30.7 Å². The first-order valence-corrected chi connectivity index (χ1v) is 16.4. The minimum absolute atomic E-state index is 0.0243. The number of amides is 2. The van der Waals surface area contributed by atoms with Gasteiger partial charge in [-0.2, -0.15) is 18.3 Å². The predicted octanol–water partition coefficient (Wildman–Crippen LogP) is 5.99. The molecule has 11 heteroatoms. The molecule has 0 bridgehead atoms. The highest BCUT2D eigenvalue weighted by molar-refractivity contribution is 5.98. The number of alkyl halides is 3. The molecule has 0 aliphatic carbocycles. The second-order valence-electron chi connectivity index (χ2n) is 12.1. The topological polar surface area (TPSA) is 99.5 Å². The first-order valence-electron chi connectivity index (χ1n) is 16.4. The van der Waals surface area contributed by atoms with Gasteiger partial charge in [-0.05, 0) is 55.7 Å². The Morgan fingerprint density at radius 1 is 1.02 bits per heavy atom. The van der Waals surface area contributed by atoms with Gasteiger partial charge in [-0.1, -0.05) is 75.2 Å². The number of aliphatic hydroxyl groups excluding tert-OH is 1. The fraction of sp³-hybridized carbons (Fsp3) is 0.514. The van der Waals surface area contributed by atoms with Gasteiger partial charge in [-0.15, -0.1) is 0 Å². The molecule has 46 heavy (non-hydrogen) atoms. The molecule has 2 aromatic carbocycles. The summed E-state index contributed by atoms with van der Waals surface area (Å²) >= 11 is 0. The van der Waals surface area contributed by atoms with Crippen LogP contribution in [0.1, 0.15) is 96.5 Å². The third-order valence-corrected chi connectivity index (χ3v) is 8.48. The number of hydrogen-bond donors (Lipinski definition) is 3. The lowest BCUT2D eigenvalue weighted by molar-refractivity contribution is -0.137. The Hall–Kier alpha value is -3.70. The van der Waals surface area contributed by atoms with Crippen LogP contribution < -0.4 is 10.6 Å². The van der Waals surface area contributed by atoms with Crippen LogP contribution in [0.25, 0.3) is 0 Å². The third-order valence-electron chi connectivity index (χ3n) is 8.48. The Bertz CT molecular complexity index is 1410. The molecule has 4 rings (SSSR count). The van der Waals surface area contributed by atoms with Crippen LogP contribution in [0.15, 0.2) is 60.7 Å². The zero-order valence-electron chi connectivity index (χ0n) is 26.7. The van der Waals surface area contributed by atoms with E-state index in [0.29, 0.717) is 30.8 Å². The van der Waals surface area contributed by atoms with Crippen LogP contribution in [-0.4, -0.2) is 62.9 Å². The molecule has 0 spiro atoms. The van der Waals surface area contributed by atoms with Crippen LogP contribution in [0, 0.1) is 0 Å². The van der Waals surface area contributed by atoms with Crippen molar-refractivity contribution in [1.82, 2.24) is 25.3 Å². The summed E-state index contributed by atoms with van der Waals surface area (Å²) in [6, 6.07) is 15.4. The van der Waals surface area contributed by atoms with Crippen LogP contribution in [0.2, 0.25) is 0 Å². The molecule has 1 aliphatic heterocycles. The summed E-state index contributed by atoms with van der Waals surface area (Å²) < 4.78 is 41.1. The number of hydrogen-bond acceptors (Lipinski definition) is 5. The molecule has 8 nitrogen and oxygen atoms in total. The molecule has 1 aliphatic rings. The van der Waals surface area contributed by atoms with Crippen molar-refractivity contribution in [1.29, 1.82) is 0 Å². The van der Waals surface area contributed by atoms with E-state index in [1.165, 1.54) is 6.07 Å². The Balaban J connectivity index is 1.50. The predicted molar refractivity (Wildman–Crippen MR) is 171 cm³/mol. The van der Waals surface area contributed by atoms with Crippen molar-refractivity contribution in [3.63, 3.8) is 0 Å². The van der Waals surface area contributed by atoms with Crippen molar-refractivity contribution < 1.29 is 27.9 Å². The molecule has 0 saturated carbocycles. The second-order valence-corrected chi connectivity index (χ2v) is 12.1. The summed E-state index contributed by atoms with van der Waals surface area (Å²) in [5.41, 5.74) is 1.07. The van der Waals surface area contributed by atoms with Gasteiger partial charge in [-0.3, -0.25) is 14.3 Å². The number of rotatable bonds is 15. The molecule has 250 valence electrons. The number of benzene rings is 2. The summed E-state index contributed by atoms with van der Waals surface area (Å²) in [6.07, 6.45) is 1.43. The zero-order chi connectivity index (χ0) is 33.1. The van der Waals surface area contributed by atoms with E-state index in [1.54, 1.807) is 16.8 Å². The molecular weight excluding hydrogens is 595 g/mol. The van der Waals surface area contributed by atoms with E-state index in [9.17, 15) is 27.9 Å². The van der Waals surface area contributed by atoms with Gasteiger partial charge >= 0.3 is 6.18 Å². The van der Waals surface area contributed by atoms with Gasteiger partial charge in [0.05, 0.1) is 17.7 Å². The number of aryl methyl sites for hydroxylation is 1. The van der Waals surface area contributed by atoms with Crippen molar-refractivity contribution in [2.24, 2.45) is 0 Å². The van der Waals surface area contributed by atoms with Gasteiger partial charge < -0.3 is 20.6 Å². The molecule has 0 radical (unpaired) electrons. The molecule has 3 aromatic rings. The van der Waals surface area contributed by atoms with Crippen LogP contribution in [0.4, 0.5) is 13.2 Å². The highest BCUT2D eigenvalue weighted by Crippen LogP contribution is 2.29. The molecule has 1 fully saturated rings. The molecule has 3 N–H and O–H groups in total. The van der Waals surface area contributed by atoms with E-state index in [0.717, 1.165) is 62.6 Å². The first kappa shape index (κ1) is 35.2. The summed E-state index contributed by atoms with van der Waals surface area (Å²) in [7, 11) is 0. The molecule has 3 atom stereocenters. The van der Waals surface area contributed by atoms with Crippen molar-refractivity contribution in [2.75, 3.05) is 13.1 Å². The lowest BCUT2D eigenvalue weighted by atomic mass is 9.98. The largest absolute Gasteiger partial charge is 0.416 e. The van der Waals surface area contributed by atoms with Crippen molar-refractivity contribution in [3.05, 3.63) is 88.7 Å². The third kappa shape index (κ3) is 9.65. The van der Waals surface area contributed by atoms with Gasteiger partial charge in [-0.25, -0.2) is 0 Å². The summed E-state index contributed by atoms with van der Waals surface area (Å²) in [5.74, 6) is -0.619. The lowest BCUT2D eigenvalue weighted by Gasteiger charge is -2.35. The Morgan fingerprint density at radius 2 is 1.78 bits per heavy atom. The van der Waals surface area contributed by atoms with Gasteiger partial charge in [0.1, 0.15) is 5.69 Å². The SMILES string of the molecule is CCCCn1nc(C(=O)N[C@@H](Cc2ccccc2)[C@@H](O)CNCc2cccc(C(F)(F)F)c2)cc1C(=O)N1CCCCC1CCC. The number of aromatic nitrogens is 2. The van der Waals surface area contributed by atoms with Gasteiger partial charge in [0.15, 0.2) is 5.69 Å². The van der Waals surface area contributed by atoms with Crippen molar-refractivity contribution in [3.8, 4) is 0 Å². The molecule has 1 aromatic heterocycles. The van der Waals surface area contributed by atoms with Crippen LogP contribution in [0.5, 0.6) is 0 Å². The van der Waals surface area contributed by atoms with E-state index in [2.05, 4.69) is 29.6 Å². The fourth-order valence-corrected chi connectivity index (χ4v) is 5.98. The van der Waals surface area contributed by atoms with E-state index >= 15 is 0 Å². The highest BCUT2D eigenvalue weighted by Gasteiger charge is 2.32. The molecule has 1 unspecified atom stereocenters. The van der Waals surface area contributed by atoms with Gasteiger partial charge in [0.2, 0.25) is 0 Å². The average molecular weight is 642 g/mol. The average Bonchev–Trinajstić information content (AvgIpc) is 3.48. The van der Waals surface area contributed by atoms with Crippen LogP contribution in [0.3, 0.4) is 0 Å².